The molecule has 0 fully saturated rings. The van der Waals surface area contributed by atoms with Gasteiger partial charge in [-0.3, -0.25) is 4.79 Å². The Kier molecular flexibility index (Phi) is 5.19. The zero-order chi connectivity index (χ0) is 17.6. The Morgan fingerprint density at radius 2 is 1.80 bits per heavy atom. The second-order valence-corrected chi connectivity index (χ2v) is 5.82. The van der Waals surface area contributed by atoms with Crippen molar-refractivity contribution in [3.05, 3.63) is 83.3 Å². The molecule has 1 heterocycles. The highest BCUT2D eigenvalue weighted by atomic mass is 16.5. The molecule has 0 aliphatic carbocycles. The molecular weight excluding hydrogens is 314 g/mol. The van der Waals surface area contributed by atoms with Crippen molar-refractivity contribution < 1.29 is 13.9 Å². The van der Waals surface area contributed by atoms with Crippen LogP contribution in [-0.4, -0.2) is 5.91 Å². The standard InChI is InChI=1S/C21H21NO3/c1-3-16-8-10-17(11-9-16)22-21(23)20-13-12-18(25-20)14-24-19-7-5-4-6-15(19)2/h4-13H,3,14H2,1-2H3,(H,22,23). The van der Waals surface area contributed by atoms with Crippen molar-refractivity contribution >= 4 is 11.6 Å². The maximum Gasteiger partial charge on any atom is 0.291 e. The molecule has 1 amide bonds. The fourth-order valence-electron chi connectivity index (χ4n) is 2.46. The first-order valence-electron chi connectivity index (χ1n) is 8.33. The number of hydrogen-bond acceptors (Lipinski definition) is 3. The van der Waals surface area contributed by atoms with E-state index in [0.29, 0.717) is 5.76 Å². The number of furan rings is 1. The summed E-state index contributed by atoms with van der Waals surface area (Å²) in [7, 11) is 0. The van der Waals surface area contributed by atoms with E-state index in [4.69, 9.17) is 9.15 Å². The van der Waals surface area contributed by atoms with Crippen molar-refractivity contribution in [3.8, 4) is 5.75 Å². The van der Waals surface area contributed by atoms with Crippen molar-refractivity contribution in [2.45, 2.75) is 26.9 Å². The average molecular weight is 335 g/mol. The summed E-state index contributed by atoms with van der Waals surface area (Å²) in [5, 5.41) is 2.83. The number of aryl methyl sites for hydroxylation is 2. The van der Waals surface area contributed by atoms with Gasteiger partial charge in [-0.05, 0) is 54.8 Å². The summed E-state index contributed by atoms with van der Waals surface area (Å²) in [6.07, 6.45) is 0.969. The number of carbonyl (C=O) groups is 1. The van der Waals surface area contributed by atoms with Crippen molar-refractivity contribution in [3.63, 3.8) is 0 Å². The third-order valence-corrected chi connectivity index (χ3v) is 3.97. The monoisotopic (exact) mass is 335 g/mol. The van der Waals surface area contributed by atoms with Crippen LogP contribution in [0.4, 0.5) is 5.69 Å². The zero-order valence-corrected chi connectivity index (χ0v) is 14.4. The molecule has 0 aliphatic rings. The highest BCUT2D eigenvalue weighted by Gasteiger charge is 2.12. The lowest BCUT2D eigenvalue weighted by atomic mass is 10.1. The molecule has 0 aliphatic heterocycles. The number of hydrogen-bond donors (Lipinski definition) is 1. The molecule has 3 rings (SSSR count). The van der Waals surface area contributed by atoms with Crippen LogP contribution in [-0.2, 0) is 13.0 Å². The second-order valence-electron chi connectivity index (χ2n) is 5.82. The lowest BCUT2D eigenvalue weighted by Gasteiger charge is -2.07. The van der Waals surface area contributed by atoms with E-state index in [1.54, 1.807) is 12.1 Å². The number of carbonyl (C=O) groups excluding carboxylic acids is 1. The summed E-state index contributed by atoms with van der Waals surface area (Å²) in [5.74, 6) is 1.41. The van der Waals surface area contributed by atoms with E-state index in [-0.39, 0.29) is 18.3 Å². The van der Waals surface area contributed by atoms with Gasteiger partial charge >= 0.3 is 0 Å². The van der Waals surface area contributed by atoms with Crippen LogP contribution in [0.15, 0.2) is 65.1 Å². The molecule has 0 spiro atoms. The number of anilines is 1. The smallest absolute Gasteiger partial charge is 0.291 e. The molecule has 0 unspecified atom stereocenters. The minimum Gasteiger partial charge on any atom is -0.485 e. The molecule has 3 aromatic rings. The first-order chi connectivity index (χ1) is 12.2. The third kappa shape index (κ3) is 4.29. The van der Waals surface area contributed by atoms with Gasteiger partial charge in [0.15, 0.2) is 5.76 Å². The van der Waals surface area contributed by atoms with E-state index in [2.05, 4.69) is 12.2 Å². The third-order valence-electron chi connectivity index (χ3n) is 3.97. The molecule has 0 bridgehead atoms. The van der Waals surface area contributed by atoms with E-state index in [1.807, 2.05) is 55.5 Å². The van der Waals surface area contributed by atoms with E-state index < -0.39 is 0 Å². The number of nitrogens with one attached hydrogen (secondary N) is 1. The minimum absolute atomic E-state index is 0.267. The van der Waals surface area contributed by atoms with Gasteiger partial charge in [0.05, 0.1) is 0 Å². The van der Waals surface area contributed by atoms with Gasteiger partial charge < -0.3 is 14.5 Å². The molecule has 4 nitrogen and oxygen atoms in total. The number of ether oxygens (including phenoxy) is 1. The van der Waals surface area contributed by atoms with Crippen LogP contribution in [0.2, 0.25) is 0 Å². The summed E-state index contributed by atoms with van der Waals surface area (Å²) in [6, 6.07) is 19.0. The highest BCUT2D eigenvalue weighted by Crippen LogP contribution is 2.19. The Balaban J connectivity index is 1.60. The van der Waals surface area contributed by atoms with Crippen LogP contribution in [0.25, 0.3) is 0 Å². The summed E-state index contributed by atoms with van der Waals surface area (Å²) in [6.45, 7) is 4.36. The van der Waals surface area contributed by atoms with Crippen LogP contribution in [0.1, 0.15) is 34.4 Å². The maximum atomic E-state index is 12.3. The topological polar surface area (TPSA) is 51.5 Å². The second kappa shape index (κ2) is 7.71. The van der Waals surface area contributed by atoms with Crippen LogP contribution >= 0.6 is 0 Å². The van der Waals surface area contributed by atoms with Crippen molar-refractivity contribution in [2.24, 2.45) is 0 Å². The Morgan fingerprint density at radius 3 is 2.52 bits per heavy atom. The molecule has 2 aromatic carbocycles. The van der Waals surface area contributed by atoms with E-state index in [9.17, 15) is 4.79 Å². The van der Waals surface area contributed by atoms with Crippen LogP contribution in [0.3, 0.4) is 0 Å². The summed E-state index contributed by atoms with van der Waals surface area (Å²) in [5.41, 5.74) is 3.03. The normalized spacial score (nSPS) is 10.5. The molecule has 0 radical (unpaired) electrons. The maximum absolute atomic E-state index is 12.3. The average Bonchev–Trinajstić information content (AvgIpc) is 3.11. The van der Waals surface area contributed by atoms with Crippen LogP contribution in [0.5, 0.6) is 5.75 Å². The molecule has 1 aromatic heterocycles. The fourth-order valence-corrected chi connectivity index (χ4v) is 2.46. The largest absolute Gasteiger partial charge is 0.485 e. The number of amides is 1. The lowest BCUT2D eigenvalue weighted by molar-refractivity contribution is 0.0992. The summed E-state index contributed by atoms with van der Waals surface area (Å²) < 4.78 is 11.3. The fraction of sp³-hybridized carbons (Fsp3) is 0.190. The van der Waals surface area contributed by atoms with Gasteiger partial charge in [0.25, 0.3) is 5.91 Å². The highest BCUT2D eigenvalue weighted by molar-refractivity contribution is 6.02. The van der Waals surface area contributed by atoms with Gasteiger partial charge in [-0.2, -0.15) is 0 Å². The Bertz CT molecular complexity index is 850. The Hall–Kier alpha value is -3.01. The number of benzene rings is 2. The molecule has 128 valence electrons. The molecular formula is C21H21NO3. The first kappa shape index (κ1) is 16.8. The molecule has 0 saturated carbocycles. The van der Waals surface area contributed by atoms with Crippen LogP contribution < -0.4 is 10.1 Å². The van der Waals surface area contributed by atoms with Gasteiger partial charge in [0, 0.05) is 5.69 Å². The van der Waals surface area contributed by atoms with Crippen LogP contribution in [0, 0.1) is 6.92 Å². The lowest BCUT2D eigenvalue weighted by Crippen LogP contribution is -2.10. The molecule has 4 heteroatoms. The zero-order valence-electron chi connectivity index (χ0n) is 14.4. The summed E-state index contributed by atoms with van der Waals surface area (Å²) >= 11 is 0. The van der Waals surface area contributed by atoms with Gasteiger partial charge in [0.2, 0.25) is 0 Å². The Morgan fingerprint density at radius 1 is 1.04 bits per heavy atom. The number of para-hydroxylation sites is 1. The Labute approximate surface area is 147 Å². The molecule has 25 heavy (non-hydrogen) atoms. The van der Waals surface area contributed by atoms with Crippen molar-refractivity contribution in [1.29, 1.82) is 0 Å². The van der Waals surface area contributed by atoms with E-state index in [0.717, 1.165) is 23.4 Å². The van der Waals surface area contributed by atoms with E-state index in [1.165, 1.54) is 5.56 Å². The molecule has 0 saturated heterocycles. The van der Waals surface area contributed by atoms with E-state index >= 15 is 0 Å². The van der Waals surface area contributed by atoms with Gasteiger partial charge in [-0.1, -0.05) is 37.3 Å². The van der Waals surface area contributed by atoms with Crippen molar-refractivity contribution in [2.75, 3.05) is 5.32 Å². The first-order valence-corrected chi connectivity index (χ1v) is 8.33. The predicted octanol–water partition coefficient (Wildman–Crippen LogP) is 4.98. The van der Waals surface area contributed by atoms with Gasteiger partial charge in [-0.15, -0.1) is 0 Å². The molecule has 1 N–H and O–H groups in total. The summed E-state index contributed by atoms with van der Waals surface area (Å²) in [4.78, 5) is 12.3. The molecule has 0 atom stereocenters. The number of rotatable bonds is 6. The van der Waals surface area contributed by atoms with Gasteiger partial charge in [-0.25, -0.2) is 0 Å². The SMILES string of the molecule is CCc1ccc(NC(=O)c2ccc(COc3ccccc3C)o2)cc1. The van der Waals surface area contributed by atoms with Gasteiger partial charge in [0.1, 0.15) is 18.1 Å². The quantitative estimate of drug-likeness (QED) is 0.691. The predicted molar refractivity (Wildman–Crippen MR) is 98.0 cm³/mol. The van der Waals surface area contributed by atoms with Crippen molar-refractivity contribution in [1.82, 2.24) is 0 Å². The minimum atomic E-state index is -0.272.